The van der Waals surface area contributed by atoms with Gasteiger partial charge in [-0.15, -0.1) is 0 Å². The first-order valence-electron chi connectivity index (χ1n) is 18.2. The number of urea groups is 1. The number of benzene rings is 1. The number of carbonyl (C=O) groups excluding carboxylic acids is 1. The highest BCUT2D eigenvalue weighted by molar-refractivity contribution is 5.89. The maximum atomic E-state index is 13.7. The van der Waals surface area contributed by atoms with E-state index in [-0.39, 0.29) is 35.1 Å². The summed E-state index contributed by atoms with van der Waals surface area (Å²) in [7, 11) is 3.98. The lowest BCUT2D eigenvalue weighted by Gasteiger charge is -2.36. The quantitative estimate of drug-likeness (QED) is 0.119. The van der Waals surface area contributed by atoms with Gasteiger partial charge in [0.25, 0.3) is 0 Å². The molecule has 13 nitrogen and oxygen atoms in total. The number of likely N-dealkylation sites (N-methyl/N-ethyl adjacent to an activating group) is 1. The van der Waals surface area contributed by atoms with Crippen molar-refractivity contribution in [2.24, 2.45) is 0 Å². The molecule has 1 aromatic carbocycles. The summed E-state index contributed by atoms with van der Waals surface area (Å²) in [4.78, 5) is 22.5. The molecule has 1 fully saturated rings. The van der Waals surface area contributed by atoms with Gasteiger partial charge in [-0.1, -0.05) is 51.1 Å². The summed E-state index contributed by atoms with van der Waals surface area (Å²) in [5.41, 5.74) is 2.77. The molecule has 0 bridgehead atoms. The molecule has 2 amide bonds. The van der Waals surface area contributed by atoms with Gasteiger partial charge in [0.05, 0.1) is 17.9 Å². The zero-order chi connectivity index (χ0) is 37.0. The molecule has 0 saturated carbocycles. The molecule has 0 radical (unpaired) electrons. The van der Waals surface area contributed by atoms with E-state index in [9.17, 15) is 4.79 Å². The smallest absolute Gasteiger partial charge is 0.320 e. The predicted octanol–water partition coefficient (Wildman–Crippen LogP) is 6.22. The number of aromatic nitrogens is 4. The van der Waals surface area contributed by atoms with E-state index >= 15 is 0 Å². The van der Waals surface area contributed by atoms with Gasteiger partial charge in [0, 0.05) is 36.7 Å². The van der Waals surface area contributed by atoms with Crippen LogP contribution in [0.5, 0.6) is 11.6 Å². The van der Waals surface area contributed by atoms with Gasteiger partial charge in [0.2, 0.25) is 11.8 Å². The average Bonchev–Trinajstić information content (AvgIpc) is 3.54. The van der Waals surface area contributed by atoms with Crippen LogP contribution in [0.4, 0.5) is 10.6 Å². The Morgan fingerprint density at radius 3 is 2.56 bits per heavy atom. The van der Waals surface area contributed by atoms with Crippen LogP contribution in [0.1, 0.15) is 88.8 Å². The zero-order valence-electron chi connectivity index (χ0n) is 31.1. The van der Waals surface area contributed by atoms with Crippen molar-refractivity contribution in [3.63, 3.8) is 0 Å². The minimum absolute atomic E-state index is 0.238. The maximum absolute atomic E-state index is 13.7. The highest BCUT2D eigenvalue weighted by Gasteiger charge is 2.31. The highest BCUT2D eigenvalue weighted by atomic mass is 16.5. The van der Waals surface area contributed by atoms with Crippen molar-refractivity contribution in [3.8, 4) is 17.4 Å². The molecule has 0 spiro atoms. The van der Waals surface area contributed by atoms with Gasteiger partial charge in [-0.3, -0.25) is 20.7 Å². The Hall–Kier alpha value is -5.17. The van der Waals surface area contributed by atoms with Crippen LogP contribution in [0.15, 0.2) is 66.9 Å². The average molecular weight is 709 g/mol. The van der Waals surface area contributed by atoms with E-state index in [1.807, 2.05) is 67.5 Å². The molecule has 13 heteroatoms. The number of piperidine rings is 1. The first-order valence-corrected chi connectivity index (χ1v) is 18.2. The Balaban J connectivity index is 1.17. The number of likely N-dealkylation sites (tertiary alicyclic amines) is 1. The lowest BCUT2D eigenvalue weighted by atomic mass is 9.85. The molecule has 0 unspecified atom stereocenters. The summed E-state index contributed by atoms with van der Waals surface area (Å²) < 4.78 is 15.7. The van der Waals surface area contributed by atoms with Crippen LogP contribution in [-0.4, -0.2) is 81.0 Å². The number of ether oxygens (including phenoxy) is 2. The number of carbonyl (C=O) groups is 1. The van der Waals surface area contributed by atoms with Crippen LogP contribution in [0.3, 0.4) is 0 Å². The summed E-state index contributed by atoms with van der Waals surface area (Å²) in [5, 5.41) is 28.5. The van der Waals surface area contributed by atoms with Gasteiger partial charge in [-0.2, -0.15) is 14.8 Å². The van der Waals surface area contributed by atoms with Crippen LogP contribution >= 0.6 is 0 Å². The topological polar surface area (TPSA) is 149 Å². The van der Waals surface area contributed by atoms with Crippen LogP contribution in [-0.2, 0) is 5.41 Å². The fourth-order valence-electron chi connectivity index (χ4n) is 6.72. The predicted molar refractivity (Wildman–Crippen MR) is 201 cm³/mol. The fourth-order valence-corrected chi connectivity index (χ4v) is 6.72. The molecule has 3 atom stereocenters. The molecular weight excluding hydrogens is 656 g/mol. The first kappa shape index (κ1) is 36.6. The molecule has 1 aliphatic heterocycles. The third-order valence-corrected chi connectivity index (χ3v) is 9.68. The first-order chi connectivity index (χ1) is 24.9. The largest absolute Gasteiger partial charge is 0.484 e. The Morgan fingerprint density at radius 2 is 1.81 bits per heavy atom. The number of hydrogen-bond acceptors (Lipinski definition) is 8. The van der Waals surface area contributed by atoms with E-state index in [4.69, 9.17) is 25.4 Å². The molecule has 6 rings (SSSR count). The summed E-state index contributed by atoms with van der Waals surface area (Å²) in [5.74, 6) is 2.42. The van der Waals surface area contributed by atoms with Crippen molar-refractivity contribution in [1.82, 2.24) is 34.4 Å². The number of anilines is 1. The van der Waals surface area contributed by atoms with Crippen molar-refractivity contribution >= 4 is 17.8 Å². The standard InChI is InChI=1S/C39H52N10O3/c1-26-12-9-10-21-47(26)37(41)48-25-27(17-20-33(48)40)52-31-19-18-30(28-13-7-8-14-29(28)31)42-38(50)44-35-24-32(39(2,3)4)45-49(35)34-15-11-16-36(43-34)51-23-22-46(5)6/h7-8,11,13-17,20,24-26,30-31,40-41H,9-10,12,18-19,21-23H2,1-6H3,(H2,42,44,50)/t26-,30-,31+/m0/s1. The van der Waals surface area contributed by atoms with E-state index in [1.54, 1.807) is 27.6 Å². The molecular formula is C39H52N10O3. The Bertz CT molecular complexity index is 1940. The minimum Gasteiger partial charge on any atom is -0.484 e. The second kappa shape index (κ2) is 15.6. The number of nitrogens with one attached hydrogen (secondary N) is 4. The number of nitrogens with zero attached hydrogens (tertiary/aromatic N) is 6. The monoisotopic (exact) mass is 708 g/mol. The van der Waals surface area contributed by atoms with E-state index in [2.05, 4.69) is 48.2 Å². The summed E-state index contributed by atoms with van der Waals surface area (Å²) >= 11 is 0. The SMILES string of the molecule is C[C@H]1CCCCN1C(=N)n1cc(O[C@@H]2CC[C@H](NC(=O)Nc3cc(C(C)(C)C)nn3-c3cccc(OCCN(C)C)n3)c3ccccc32)ccc1=N. The van der Waals surface area contributed by atoms with Gasteiger partial charge in [0.1, 0.15) is 29.8 Å². The van der Waals surface area contributed by atoms with Crippen molar-refractivity contribution in [2.75, 3.05) is 39.1 Å². The highest BCUT2D eigenvalue weighted by Crippen LogP contribution is 2.39. The fraction of sp³-hybridized carbons (Fsp3) is 0.462. The van der Waals surface area contributed by atoms with Crippen molar-refractivity contribution in [1.29, 1.82) is 10.8 Å². The maximum Gasteiger partial charge on any atom is 0.320 e. The van der Waals surface area contributed by atoms with E-state index in [0.717, 1.165) is 49.2 Å². The Labute approximate surface area is 306 Å². The van der Waals surface area contributed by atoms with E-state index in [0.29, 0.717) is 48.7 Å². The lowest BCUT2D eigenvalue weighted by Crippen LogP contribution is -2.47. The van der Waals surface area contributed by atoms with Gasteiger partial charge in [-0.05, 0) is 82.4 Å². The normalized spacial score (nSPS) is 18.8. The van der Waals surface area contributed by atoms with Crippen LogP contribution in [0, 0.1) is 10.8 Å². The zero-order valence-corrected chi connectivity index (χ0v) is 31.1. The van der Waals surface area contributed by atoms with Gasteiger partial charge < -0.3 is 24.6 Å². The lowest BCUT2D eigenvalue weighted by molar-refractivity contribution is 0.171. The molecule has 4 heterocycles. The molecule has 2 aliphatic rings. The number of fused-ring (bicyclic) bond motifs is 1. The van der Waals surface area contributed by atoms with Crippen LogP contribution in [0.2, 0.25) is 0 Å². The number of amides is 2. The molecule has 3 aromatic heterocycles. The van der Waals surface area contributed by atoms with E-state index in [1.165, 1.54) is 0 Å². The molecule has 276 valence electrons. The van der Waals surface area contributed by atoms with Crippen molar-refractivity contribution < 1.29 is 14.3 Å². The second-order valence-electron chi connectivity index (χ2n) is 15.0. The number of rotatable bonds is 9. The Kier molecular flexibility index (Phi) is 11.0. The summed E-state index contributed by atoms with van der Waals surface area (Å²) in [6.07, 6.45) is 6.07. The molecule has 1 aliphatic carbocycles. The molecule has 4 aromatic rings. The Morgan fingerprint density at radius 1 is 1.02 bits per heavy atom. The second-order valence-corrected chi connectivity index (χ2v) is 15.0. The van der Waals surface area contributed by atoms with Gasteiger partial charge in [-0.25, -0.2) is 4.79 Å². The molecule has 1 saturated heterocycles. The van der Waals surface area contributed by atoms with Crippen molar-refractivity contribution in [2.45, 2.75) is 83.4 Å². The molecule has 4 N–H and O–H groups in total. The van der Waals surface area contributed by atoms with E-state index < -0.39 is 0 Å². The van der Waals surface area contributed by atoms with Crippen molar-refractivity contribution in [3.05, 3.63) is 89.2 Å². The summed E-state index contributed by atoms with van der Waals surface area (Å²) in [6, 6.07) is 18.6. The van der Waals surface area contributed by atoms with Gasteiger partial charge in [0.15, 0.2) is 5.82 Å². The third-order valence-electron chi connectivity index (χ3n) is 9.68. The molecule has 52 heavy (non-hydrogen) atoms. The number of hydrogen-bond donors (Lipinski definition) is 4. The minimum atomic E-state index is -0.350. The third kappa shape index (κ3) is 8.47. The van der Waals surface area contributed by atoms with Gasteiger partial charge >= 0.3 is 6.03 Å². The number of pyridine rings is 2. The van der Waals surface area contributed by atoms with Crippen LogP contribution in [0.25, 0.3) is 5.82 Å². The van der Waals surface area contributed by atoms with Crippen LogP contribution < -0.4 is 25.6 Å². The summed E-state index contributed by atoms with van der Waals surface area (Å²) in [6.45, 7) is 10.4.